The van der Waals surface area contributed by atoms with Gasteiger partial charge < -0.3 is 15.7 Å². The lowest BCUT2D eigenvalue weighted by atomic mass is 9.99. The van der Waals surface area contributed by atoms with E-state index in [1.54, 1.807) is 0 Å². The van der Waals surface area contributed by atoms with E-state index >= 15 is 0 Å². The molecule has 3 N–H and O–H groups in total. The lowest BCUT2D eigenvalue weighted by Crippen LogP contribution is -2.49. The number of amides is 1. The number of aryl methyl sites for hydroxylation is 1. The number of carbonyl (C=O) groups excluding carboxylic acids is 1. The summed E-state index contributed by atoms with van der Waals surface area (Å²) in [5.41, 5.74) is 1.16. The molecule has 0 unspecified atom stereocenters. The van der Waals surface area contributed by atoms with Crippen LogP contribution in [0.4, 0.5) is 5.00 Å². The fraction of sp³-hybridized carbons (Fsp3) is 0.600. The Balaban J connectivity index is 1.96. The highest BCUT2D eigenvalue weighted by atomic mass is 32.1. The SMILES string of the molecule is Cc1sc(NC(=O)CNC2(CO)CCCC2)c(C#N)c1C. The molecule has 0 bridgehead atoms. The van der Waals surface area contributed by atoms with Crippen LogP contribution in [0.15, 0.2) is 0 Å². The number of aliphatic hydroxyl groups excluding tert-OH is 1. The van der Waals surface area contributed by atoms with E-state index in [1.165, 1.54) is 11.3 Å². The van der Waals surface area contributed by atoms with Gasteiger partial charge in [0.1, 0.15) is 11.1 Å². The van der Waals surface area contributed by atoms with Gasteiger partial charge in [-0.3, -0.25) is 4.79 Å². The molecule has 0 aromatic carbocycles. The van der Waals surface area contributed by atoms with Gasteiger partial charge in [0.2, 0.25) is 5.91 Å². The Morgan fingerprint density at radius 3 is 2.67 bits per heavy atom. The second kappa shape index (κ2) is 6.56. The molecular formula is C15H21N3O2S. The number of anilines is 1. The van der Waals surface area contributed by atoms with Gasteiger partial charge in [-0.1, -0.05) is 12.8 Å². The van der Waals surface area contributed by atoms with E-state index in [0.29, 0.717) is 10.6 Å². The number of rotatable bonds is 5. The van der Waals surface area contributed by atoms with E-state index in [2.05, 4.69) is 16.7 Å². The van der Waals surface area contributed by atoms with E-state index < -0.39 is 0 Å². The number of hydrogen-bond acceptors (Lipinski definition) is 5. The average molecular weight is 307 g/mol. The molecular weight excluding hydrogens is 286 g/mol. The van der Waals surface area contributed by atoms with Crippen LogP contribution in [-0.2, 0) is 4.79 Å². The molecule has 1 aromatic rings. The third-order valence-electron chi connectivity index (χ3n) is 4.24. The van der Waals surface area contributed by atoms with Crippen molar-refractivity contribution in [2.75, 3.05) is 18.5 Å². The van der Waals surface area contributed by atoms with Crippen LogP contribution in [0.2, 0.25) is 0 Å². The predicted molar refractivity (Wildman–Crippen MR) is 83.4 cm³/mol. The maximum absolute atomic E-state index is 12.1. The number of nitrogens with zero attached hydrogens (tertiary/aromatic N) is 1. The summed E-state index contributed by atoms with van der Waals surface area (Å²) in [7, 11) is 0. The zero-order chi connectivity index (χ0) is 15.5. The van der Waals surface area contributed by atoms with Crippen molar-refractivity contribution in [3.05, 3.63) is 16.0 Å². The largest absolute Gasteiger partial charge is 0.394 e. The molecule has 1 aromatic heterocycles. The molecule has 21 heavy (non-hydrogen) atoms. The lowest BCUT2D eigenvalue weighted by Gasteiger charge is -2.27. The minimum atomic E-state index is -0.309. The molecule has 0 radical (unpaired) electrons. The van der Waals surface area contributed by atoms with Gasteiger partial charge in [-0.05, 0) is 32.3 Å². The van der Waals surface area contributed by atoms with Gasteiger partial charge in [0.25, 0.3) is 0 Å². The molecule has 1 amide bonds. The van der Waals surface area contributed by atoms with Crippen molar-refractivity contribution in [1.29, 1.82) is 5.26 Å². The fourth-order valence-electron chi connectivity index (χ4n) is 2.73. The molecule has 114 valence electrons. The summed E-state index contributed by atoms with van der Waals surface area (Å²) < 4.78 is 0. The van der Waals surface area contributed by atoms with Crippen molar-refractivity contribution >= 4 is 22.2 Å². The van der Waals surface area contributed by atoms with Crippen LogP contribution in [0.25, 0.3) is 0 Å². The molecule has 0 atom stereocenters. The van der Waals surface area contributed by atoms with Crippen molar-refractivity contribution in [1.82, 2.24) is 5.32 Å². The van der Waals surface area contributed by atoms with E-state index in [9.17, 15) is 9.90 Å². The first-order valence-corrected chi connectivity index (χ1v) is 7.99. The lowest BCUT2D eigenvalue weighted by molar-refractivity contribution is -0.115. The Morgan fingerprint density at radius 1 is 1.43 bits per heavy atom. The quantitative estimate of drug-likeness (QED) is 0.777. The number of thiophene rings is 1. The monoisotopic (exact) mass is 307 g/mol. The van der Waals surface area contributed by atoms with Crippen LogP contribution in [0.1, 0.15) is 41.7 Å². The van der Waals surface area contributed by atoms with Crippen molar-refractivity contribution < 1.29 is 9.90 Å². The summed E-state index contributed by atoms with van der Waals surface area (Å²) >= 11 is 1.43. The summed E-state index contributed by atoms with van der Waals surface area (Å²) in [6.45, 7) is 4.04. The first-order chi connectivity index (χ1) is 10.0. The first kappa shape index (κ1) is 16.0. The van der Waals surface area contributed by atoms with Crippen molar-refractivity contribution in [2.45, 2.75) is 45.1 Å². The van der Waals surface area contributed by atoms with Gasteiger partial charge >= 0.3 is 0 Å². The normalized spacial score (nSPS) is 16.7. The van der Waals surface area contributed by atoms with Gasteiger partial charge in [0, 0.05) is 10.4 Å². The molecule has 1 heterocycles. The van der Waals surface area contributed by atoms with E-state index in [0.717, 1.165) is 36.1 Å². The average Bonchev–Trinajstić information content (AvgIpc) is 3.04. The Kier molecular flexibility index (Phi) is 4.99. The summed E-state index contributed by atoms with van der Waals surface area (Å²) in [5, 5.41) is 25.3. The highest BCUT2D eigenvalue weighted by molar-refractivity contribution is 7.16. The van der Waals surface area contributed by atoms with E-state index in [-0.39, 0.29) is 24.6 Å². The van der Waals surface area contributed by atoms with Crippen molar-refractivity contribution in [2.24, 2.45) is 0 Å². The number of hydrogen-bond donors (Lipinski definition) is 3. The van der Waals surface area contributed by atoms with Crippen LogP contribution >= 0.6 is 11.3 Å². The van der Waals surface area contributed by atoms with Crippen LogP contribution in [0.5, 0.6) is 0 Å². The zero-order valence-electron chi connectivity index (χ0n) is 12.5. The molecule has 6 heteroatoms. The summed E-state index contributed by atoms with van der Waals surface area (Å²) in [6.07, 6.45) is 3.96. The Labute approximate surface area is 129 Å². The molecule has 1 aliphatic rings. The van der Waals surface area contributed by atoms with Gasteiger partial charge in [-0.15, -0.1) is 11.3 Å². The number of nitriles is 1. The maximum Gasteiger partial charge on any atom is 0.238 e. The third kappa shape index (κ3) is 3.43. The Morgan fingerprint density at radius 2 is 2.10 bits per heavy atom. The maximum atomic E-state index is 12.1. The standard InChI is InChI=1S/C15H21N3O2S/c1-10-11(2)21-14(12(10)7-16)18-13(20)8-17-15(9-19)5-3-4-6-15/h17,19H,3-6,8-9H2,1-2H3,(H,18,20). The molecule has 5 nitrogen and oxygen atoms in total. The van der Waals surface area contributed by atoms with Gasteiger partial charge in [0.05, 0.1) is 18.7 Å². The molecule has 1 aliphatic carbocycles. The van der Waals surface area contributed by atoms with Crippen molar-refractivity contribution in [3.8, 4) is 6.07 Å². The minimum Gasteiger partial charge on any atom is -0.394 e. The van der Waals surface area contributed by atoms with Crippen LogP contribution in [0.3, 0.4) is 0 Å². The summed E-state index contributed by atoms with van der Waals surface area (Å²) in [4.78, 5) is 13.1. The zero-order valence-corrected chi connectivity index (χ0v) is 13.3. The van der Waals surface area contributed by atoms with E-state index in [4.69, 9.17) is 5.26 Å². The summed E-state index contributed by atoms with van der Waals surface area (Å²) in [5.74, 6) is -0.174. The highest BCUT2D eigenvalue weighted by Crippen LogP contribution is 2.32. The predicted octanol–water partition coefficient (Wildman–Crippen LogP) is 2.07. The molecule has 0 spiro atoms. The second-order valence-electron chi connectivity index (χ2n) is 5.65. The Bertz CT molecular complexity index is 568. The minimum absolute atomic E-state index is 0.0565. The van der Waals surface area contributed by atoms with Crippen LogP contribution < -0.4 is 10.6 Å². The molecule has 2 rings (SSSR count). The molecule has 1 saturated carbocycles. The highest BCUT2D eigenvalue weighted by Gasteiger charge is 2.33. The van der Waals surface area contributed by atoms with Crippen LogP contribution in [-0.4, -0.2) is 29.7 Å². The number of aliphatic hydroxyl groups is 1. The number of carbonyl (C=O) groups is 1. The van der Waals surface area contributed by atoms with E-state index in [1.807, 2.05) is 13.8 Å². The summed E-state index contributed by atoms with van der Waals surface area (Å²) in [6, 6.07) is 2.14. The van der Waals surface area contributed by atoms with Crippen LogP contribution in [0, 0.1) is 25.2 Å². The smallest absolute Gasteiger partial charge is 0.238 e. The van der Waals surface area contributed by atoms with Gasteiger partial charge in [-0.2, -0.15) is 5.26 Å². The molecule has 0 saturated heterocycles. The third-order valence-corrected chi connectivity index (χ3v) is 5.36. The fourth-order valence-corrected chi connectivity index (χ4v) is 3.76. The topological polar surface area (TPSA) is 85.2 Å². The van der Waals surface area contributed by atoms with Gasteiger partial charge in [-0.25, -0.2) is 0 Å². The first-order valence-electron chi connectivity index (χ1n) is 7.17. The second-order valence-corrected chi connectivity index (χ2v) is 6.87. The van der Waals surface area contributed by atoms with Crippen molar-refractivity contribution in [3.63, 3.8) is 0 Å². The number of nitrogens with one attached hydrogen (secondary N) is 2. The molecule has 1 fully saturated rings. The van der Waals surface area contributed by atoms with Gasteiger partial charge in [0.15, 0.2) is 0 Å². The molecule has 0 aliphatic heterocycles. The Hall–Kier alpha value is -1.42.